The van der Waals surface area contributed by atoms with Gasteiger partial charge in [0, 0.05) is 22.3 Å². The standard InChI is InChI=1S/C17H17NO2S/c1-13-5-3-4-6-16(13)12-21(19)11-14-7-8-15(10-18)17(9-14)20-2/h3-9H,11-12H2,1-2H3. The van der Waals surface area contributed by atoms with Gasteiger partial charge in [-0.1, -0.05) is 30.3 Å². The van der Waals surface area contributed by atoms with Gasteiger partial charge in [-0.3, -0.25) is 4.21 Å². The maximum absolute atomic E-state index is 12.3. The zero-order valence-corrected chi connectivity index (χ0v) is 12.9. The monoisotopic (exact) mass is 299 g/mol. The largest absolute Gasteiger partial charge is 0.495 e. The number of hydrogen-bond donors (Lipinski definition) is 0. The Morgan fingerprint density at radius 2 is 1.95 bits per heavy atom. The van der Waals surface area contributed by atoms with Crippen LogP contribution in [-0.2, 0) is 22.3 Å². The quantitative estimate of drug-likeness (QED) is 0.851. The molecule has 0 heterocycles. The van der Waals surface area contributed by atoms with Crippen molar-refractivity contribution in [2.45, 2.75) is 18.4 Å². The van der Waals surface area contributed by atoms with Crippen molar-refractivity contribution >= 4 is 10.8 Å². The minimum Gasteiger partial charge on any atom is -0.495 e. The first-order valence-electron chi connectivity index (χ1n) is 6.60. The maximum Gasteiger partial charge on any atom is 0.136 e. The topological polar surface area (TPSA) is 50.1 Å². The van der Waals surface area contributed by atoms with E-state index >= 15 is 0 Å². The van der Waals surface area contributed by atoms with Crippen molar-refractivity contribution in [3.8, 4) is 11.8 Å². The zero-order valence-electron chi connectivity index (χ0n) is 12.1. The van der Waals surface area contributed by atoms with Crippen molar-refractivity contribution in [1.29, 1.82) is 5.26 Å². The van der Waals surface area contributed by atoms with E-state index < -0.39 is 10.8 Å². The van der Waals surface area contributed by atoms with Crippen LogP contribution in [-0.4, -0.2) is 11.3 Å². The van der Waals surface area contributed by atoms with Crippen LogP contribution >= 0.6 is 0 Å². The van der Waals surface area contributed by atoms with Gasteiger partial charge in [0.25, 0.3) is 0 Å². The molecule has 2 aromatic carbocycles. The Morgan fingerprint density at radius 1 is 1.19 bits per heavy atom. The molecule has 0 saturated carbocycles. The van der Waals surface area contributed by atoms with Crippen LogP contribution < -0.4 is 4.74 Å². The third-order valence-corrected chi connectivity index (χ3v) is 4.58. The van der Waals surface area contributed by atoms with Crippen LogP contribution in [0.25, 0.3) is 0 Å². The van der Waals surface area contributed by atoms with Gasteiger partial charge < -0.3 is 4.74 Å². The number of methoxy groups -OCH3 is 1. The second-order valence-corrected chi connectivity index (χ2v) is 6.26. The van der Waals surface area contributed by atoms with Crippen molar-refractivity contribution in [2.75, 3.05) is 7.11 Å². The summed E-state index contributed by atoms with van der Waals surface area (Å²) >= 11 is 0. The van der Waals surface area contributed by atoms with Crippen LogP contribution in [0.2, 0.25) is 0 Å². The predicted molar refractivity (Wildman–Crippen MR) is 84.4 cm³/mol. The molecule has 3 nitrogen and oxygen atoms in total. The average Bonchev–Trinajstić information content (AvgIpc) is 2.49. The summed E-state index contributed by atoms with van der Waals surface area (Å²) in [5.41, 5.74) is 3.67. The lowest BCUT2D eigenvalue weighted by molar-refractivity contribution is 0.413. The number of hydrogen-bond acceptors (Lipinski definition) is 3. The third-order valence-electron chi connectivity index (χ3n) is 3.29. The highest BCUT2D eigenvalue weighted by molar-refractivity contribution is 7.83. The van der Waals surface area contributed by atoms with E-state index in [2.05, 4.69) is 6.07 Å². The summed E-state index contributed by atoms with van der Waals surface area (Å²) in [5.74, 6) is 1.52. The smallest absolute Gasteiger partial charge is 0.136 e. The van der Waals surface area contributed by atoms with Gasteiger partial charge in [-0.2, -0.15) is 5.26 Å². The summed E-state index contributed by atoms with van der Waals surface area (Å²) in [4.78, 5) is 0. The molecule has 0 aromatic heterocycles. The number of rotatable bonds is 5. The van der Waals surface area contributed by atoms with Crippen molar-refractivity contribution < 1.29 is 8.95 Å². The van der Waals surface area contributed by atoms with E-state index in [0.717, 1.165) is 16.7 Å². The lowest BCUT2D eigenvalue weighted by Crippen LogP contribution is -2.01. The van der Waals surface area contributed by atoms with Crippen LogP contribution in [0.3, 0.4) is 0 Å². The van der Waals surface area contributed by atoms with Gasteiger partial charge in [0.1, 0.15) is 11.8 Å². The first-order valence-corrected chi connectivity index (χ1v) is 8.09. The molecule has 0 fully saturated rings. The van der Waals surface area contributed by atoms with Gasteiger partial charge in [-0.15, -0.1) is 0 Å². The minimum absolute atomic E-state index is 0.455. The second-order valence-electron chi connectivity index (χ2n) is 4.80. The Labute approximate surface area is 127 Å². The van der Waals surface area contributed by atoms with Crippen LogP contribution in [0, 0.1) is 18.3 Å². The van der Waals surface area contributed by atoms with Gasteiger partial charge in [0.05, 0.1) is 12.7 Å². The van der Waals surface area contributed by atoms with E-state index in [0.29, 0.717) is 22.8 Å². The first-order chi connectivity index (χ1) is 10.1. The molecule has 0 saturated heterocycles. The minimum atomic E-state index is -0.990. The number of benzene rings is 2. The Bertz CT molecular complexity index is 704. The van der Waals surface area contributed by atoms with Gasteiger partial charge in [0.2, 0.25) is 0 Å². The summed E-state index contributed by atoms with van der Waals surface area (Å²) in [6.07, 6.45) is 0. The molecule has 0 spiro atoms. The van der Waals surface area contributed by atoms with Crippen LogP contribution in [0.1, 0.15) is 22.3 Å². The Balaban J connectivity index is 2.10. The molecule has 2 aromatic rings. The summed E-state index contributed by atoms with van der Waals surface area (Å²) in [6.45, 7) is 2.03. The molecular formula is C17H17NO2S. The molecule has 0 amide bonds. The molecule has 0 radical (unpaired) electrons. The molecule has 0 bridgehead atoms. The van der Waals surface area contributed by atoms with Crippen molar-refractivity contribution in [3.63, 3.8) is 0 Å². The molecule has 21 heavy (non-hydrogen) atoms. The fraction of sp³-hybridized carbons (Fsp3) is 0.235. The van der Waals surface area contributed by atoms with E-state index in [9.17, 15) is 4.21 Å². The van der Waals surface area contributed by atoms with Crippen LogP contribution in [0.5, 0.6) is 5.75 Å². The van der Waals surface area contributed by atoms with E-state index in [1.165, 1.54) is 7.11 Å². The molecule has 0 aliphatic carbocycles. The summed E-state index contributed by atoms with van der Waals surface area (Å²) in [6, 6.07) is 15.4. The van der Waals surface area contributed by atoms with E-state index in [-0.39, 0.29) is 0 Å². The maximum atomic E-state index is 12.3. The number of nitrogens with zero attached hydrogens (tertiary/aromatic N) is 1. The molecule has 4 heteroatoms. The van der Waals surface area contributed by atoms with Crippen LogP contribution in [0.15, 0.2) is 42.5 Å². The van der Waals surface area contributed by atoms with Crippen molar-refractivity contribution in [1.82, 2.24) is 0 Å². The molecule has 2 rings (SSSR count). The Kier molecular flexibility index (Phi) is 5.13. The average molecular weight is 299 g/mol. The van der Waals surface area contributed by atoms with Crippen molar-refractivity contribution in [3.05, 3.63) is 64.7 Å². The summed E-state index contributed by atoms with van der Waals surface area (Å²) in [7, 11) is 0.542. The molecular weight excluding hydrogens is 282 g/mol. The molecule has 0 aliphatic rings. The second kappa shape index (κ2) is 7.05. The molecule has 0 aliphatic heterocycles. The van der Waals surface area contributed by atoms with Gasteiger partial charge in [0.15, 0.2) is 0 Å². The number of ether oxygens (including phenoxy) is 1. The van der Waals surface area contributed by atoms with Gasteiger partial charge >= 0.3 is 0 Å². The fourth-order valence-electron chi connectivity index (χ4n) is 2.10. The Hall–Kier alpha value is -2.12. The Morgan fingerprint density at radius 3 is 2.62 bits per heavy atom. The van der Waals surface area contributed by atoms with Crippen molar-refractivity contribution in [2.24, 2.45) is 0 Å². The normalized spacial score (nSPS) is 11.7. The summed E-state index contributed by atoms with van der Waals surface area (Å²) in [5, 5.41) is 8.96. The zero-order chi connectivity index (χ0) is 15.2. The highest BCUT2D eigenvalue weighted by Gasteiger charge is 2.08. The molecule has 1 unspecified atom stereocenters. The van der Waals surface area contributed by atoms with E-state index in [4.69, 9.17) is 10.00 Å². The molecule has 1 atom stereocenters. The van der Waals surface area contributed by atoms with Gasteiger partial charge in [-0.05, 0) is 35.7 Å². The first kappa shape index (κ1) is 15.3. The summed E-state index contributed by atoms with van der Waals surface area (Å²) < 4.78 is 17.5. The predicted octanol–water partition coefficient (Wildman–Crippen LogP) is 3.32. The molecule has 0 N–H and O–H groups in total. The SMILES string of the molecule is COc1cc(CS(=O)Cc2ccccc2C)ccc1C#N. The fourth-order valence-corrected chi connectivity index (χ4v) is 3.42. The number of aryl methyl sites for hydroxylation is 1. The number of nitriles is 1. The highest BCUT2D eigenvalue weighted by atomic mass is 32.2. The van der Waals surface area contributed by atoms with Gasteiger partial charge in [-0.25, -0.2) is 0 Å². The van der Waals surface area contributed by atoms with E-state index in [1.807, 2.05) is 37.3 Å². The van der Waals surface area contributed by atoms with Crippen LogP contribution in [0.4, 0.5) is 0 Å². The lowest BCUT2D eigenvalue weighted by Gasteiger charge is -2.08. The van der Waals surface area contributed by atoms with E-state index in [1.54, 1.807) is 12.1 Å². The highest BCUT2D eigenvalue weighted by Crippen LogP contribution is 2.21. The lowest BCUT2D eigenvalue weighted by atomic mass is 10.1. The molecule has 108 valence electrons. The third kappa shape index (κ3) is 3.93.